The highest BCUT2D eigenvalue weighted by atomic mass is 16.5. The Bertz CT molecular complexity index is 938. The van der Waals surface area contributed by atoms with Gasteiger partial charge < -0.3 is 15.4 Å². The van der Waals surface area contributed by atoms with E-state index in [2.05, 4.69) is 15.6 Å². The first kappa shape index (κ1) is 20.8. The van der Waals surface area contributed by atoms with E-state index in [4.69, 9.17) is 4.74 Å². The van der Waals surface area contributed by atoms with Crippen LogP contribution in [0.25, 0.3) is 0 Å². The van der Waals surface area contributed by atoms with Gasteiger partial charge in [-0.25, -0.2) is 9.78 Å². The second kappa shape index (κ2) is 9.59. The number of hydrogen-bond acceptors (Lipinski definition) is 5. The number of amides is 4. The molecule has 8 heteroatoms. The minimum absolute atomic E-state index is 0.193. The first-order chi connectivity index (χ1) is 15.1. The maximum Gasteiger partial charge on any atom is 0.319 e. The summed E-state index contributed by atoms with van der Waals surface area (Å²) in [6.07, 6.45) is 7.64. The van der Waals surface area contributed by atoms with Crippen LogP contribution in [0.2, 0.25) is 0 Å². The van der Waals surface area contributed by atoms with Gasteiger partial charge in [-0.15, -0.1) is 0 Å². The van der Waals surface area contributed by atoms with Crippen molar-refractivity contribution in [2.45, 2.75) is 57.6 Å². The molecule has 2 aliphatic rings. The summed E-state index contributed by atoms with van der Waals surface area (Å²) >= 11 is 0. The lowest BCUT2D eigenvalue weighted by molar-refractivity contribution is -0.129. The van der Waals surface area contributed by atoms with Gasteiger partial charge in [-0.2, -0.15) is 0 Å². The summed E-state index contributed by atoms with van der Waals surface area (Å²) in [6, 6.07) is 9.99. The second-order valence-corrected chi connectivity index (χ2v) is 7.82. The van der Waals surface area contributed by atoms with Crippen molar-refractivity contribution in [3.63, 3.8) is 0 Å². The average Bonchev–Trinajstić information content (AvgIpc) is 3.27. The van der Waals surface area contributed by atoms with Crippen LogP contribution in [0.5, 0.6) is 5.88 Å². The van der Waals surface area contributed by atoms with E-state index in [-0.39, 0.29) is 30.5 Å². The van der Waals surface area contributed by atoms with Gasteiger partial charge in [0, 0.05) is 36.8 Å². The molecule has 1 aromatic carbocycles. The zero-order valence-corrected chi connectivity index (χ0v) is 17.3. The van der Waals surface area contributed by atoms with Crippen LogP contribution in [0.3, 0.4) is 0 Å². The molecular weight excluding hydrogens is 396 g/mol. The highest BCUT2D eigenvalue weighted by Crippen LogP contribution is 2.25. The molecular formula is C23H26N4O4. The molecule has 1 aliphatic carbocycles. The van der Waals surface area contributed by atoms with Gasteiger partial charge in [-0.3, -0.25) is 14.5 Å². The van der Waals surface area contributed by atoms with E-state index >= 15 is 0 Å². The number of nitrogens with one attached hydrogen (secondary N) is 2. The molecule has 0 atom stereocenters. The van der Waals surface area contributed by atoms with Crippen LogP contribution in [-0.2, 0) is 16.1 Å². The molecule has 8 nitrogen and oxygen atoms in total. The Morgan fingerprint density at radius 2 is 1.74 bits per heavy atom. The maximum atomic E-state index is 12.3. The van der Waals surface area contributed by atoms with Crippen molar-refractivity contribution < 1.29 is 19.1 Å². The molecule has 2 N–H and O–H groups in total. The maximum absolute atomic E-state index is 12.3. The minimum atomic E-state index is -0.367. The van der Waals surface area contributed by atoms with E-state index in [9.17, 15) is 14.4 Å². The van der Waals surface area contributed by atoms with Crippen molar-refractivity contribution in [2.75, 3.05) is 10.2 Å². The largest absolute Gasteiger partial charge is 0.474 e. The molecule has 31 heavy (non-hydrogen) atoms. The number of urea groups is 1. The van der Waals surface area contributed by atoms with Crippen LogP contribution < -0.4 is 20.3 Å². The summed E-state index contributed by atoms with van der Waals surface area (Å²) in [5.41, 5.74) is 1.90. The molecule has 2 fully saturated rings. The number of benzene rings is 1. The van der Waals surface area contributed by atoms with Gasteiger partial charge in [0.05, 0.1) is 5.69 Å². The highest BCUT2D eigenvalue weighted by Gasteiger charge is 2.27. The summed E-state index contributed by atoms with van der Waals surface area (Å²) in [5, 5.41) is 5.57. The van der Waals surface area contributed by atoms with Gasteiger partial charge in [-0.05, 0) is 62.4 Å². The van der Waals surface area contributed by atoms with Crippen LogP contribution >= 0.6 is 0 Å². The summed E-state index contributed by atoms with van der Waals surface area (Å²) < 4.78 is 6.00. The average molecular weight is 422 g/mol. The number of imide groups is 1. The molecule has 0 bridgehead atoms. The quantitative estimate of drug-likeness (QED) is 0.690. The summed E-state index contributed by atoms with van der Waals surface area (Å²) in [6.45, 7) is 0.288. The Morgan fingerprint density at radius 3 is 2.45 bits per heavy atom. The number of aromatic nitrogens is 1. The van der Waals surface area contributed by atoms with Crippen LogP contribution in [0, 0.1) is 0 Å². The fraction of sp³-hybridized carbons (Fsp3) is 0.391. The third-order valence-corrected chi connectivity index (χ3v) is 5.53. The standard InChI is InChI=1S/C23H26N4O4/c28-20-8-3-9-21(29)27(20)18-12-10-17(11-13-18)26-23(30)25-15-16-5-4-14-24-22(16)31-19-6-1-2-7-19/h4-5,10-14,19H,1-3,6-9,15H2,(H2,25,26,30). The van der Waals surface area contributed by atoms with E-state index < -0.39 is 0 Å². The topological polar surface area (TPSA) is 101 Å². The molecule has 4 rings (SSSR count). The molecule has 2 heterocycles. The second-order valence-electron chi connectivity index (χ2n) is 7.82. The number of ether oxygens (including phenoxy) is 1. The van der Waals surface area contributed by atoms with Gasteiger partial charge in [0.2, 0.25) is 17.7 Å². The Kier molecular flexibility index (Phi) is 6.45. The SMILES string of the molecule is O=C(NCc1cccnc1OC1CCCC1)Nc1ccc(N2C(=O)CCCC2=O)cc1. The Balaban J connectivity index is 1.32. The third kappa shape index (κ3) is 5.20. The molecule has 0 unspecified atom stereocenters. The Labute approximate surface area is 181 Å². The number of rotatable bonds is 6. The van der Waals surface area contributed by atoms with Gasteiger partial charge in [0.1, 0.15) is 6.10 Å². The molecule has 1 saturated carbocycles. The van der Waals surface area contributed by atoms with E-state index in [1.54, 1.807) is 30.5 Å². The zero-order chi connectivity index (χ0) is 21.6. The van der Waals surface area contributed by atoms with Crippen molar-refractivity contribution in [2.24, 2.45) is 0 Å². The number of anilines is 2. The van der Waals surface area contributed by atoms with Crippen LogP contribution in [0.15, 0.2) is 42.6 Å². The van der Waals surface area contributed by atoms with Crippen LogP contribution in [0.4, 0.5) is 16.2 Å². The number of carbonyl (C=O) groups is 3. The number of piperidine rings is 1. The van der Waals surface area contributed by atoms with Crippen molar-refractivity contribution >= 4 is 29.2 Å². The Morgan fingerprint density at radius 1 is 1.03 bits per heavy atom. The summed E-state index contributed by atoms with van der Waals surface area (Å²) in [4.78, 5) is 41.9. The lowest BCUT2D eigenvalue weighted by Gasteiger charge is -2.25. The van der Waals surface area contributed by atoms with Crippen molar-refractivity contribution in [3.05, 3.63) is 48.2 Å². The normalized spacial score (nSPS) is 17.0. The number of pyridine rings is 1. The lowest BCUT2D eigenvalue weighted by Crippen LogP contribution is -2.40. The first-order valence-corrected chi connectivity index (χ1v) is 10.7. The monoisotopic (exact) mass is 422 g/mol. The van der Waals surface area contributed by atoms with E-state index in [1.165, 1.54) is 17.7 Å². The molecule has 0 spiro atoms. The molecule has 2 aromatic rings. The van der Waals surface area contributed by atoms with Gasteiger partial charge in [0.15, 0.2) is 0 Å². The van der Waals surface area contributed by atoms with E-state index in [1.807, 2.05) is 12.1 Å². The van der Waals surface area contributed by atoms with Crippen molar-refractivity contribution in [1.82, 2.24) is 10.3 Å². The fourth-order valence-corrected chi connectivity index (χ4v) is 3.91. The molecule has 4 amide bonds. The molecule has 1 aliphatic heterocycles. The van der Waals surface area contributed by atoms with Gasteiger partial charge in [0.25, 0.3) is 0 Å². The first-order valence-electron chi connectivity index (χ1n) is 10.7. The van der Waals surface area contributed by atoms with Crippen molar-refractivity contribution in [1.29, 1.82) is 0 Å². The number of hydrogen-bond donors (Lipinski definition) is 2. The smallest absolute Gasteiger partial charge is 0.319 e. The Hall–Kier alpha value is -3.42. The van der Waals surface area contributed by atoms with Crippen LogP contribution in [-0.4, -0.2) is 28.9 Å². The highest BCUT2D eigenvalue weighted by molar-refractivity contribution is 6.16. The number of carbonyl (C=O) groups excluding carboxylic acids is 3. The summed E-state index contributed by atoms with van der Waals surface area (Å²) in [7, 11) is 0. The third-order valence-electron chi connectivity index (χ3n) is 5.53. The minimum Gasteiger partial charge on any atom is -0.474 e. The molecule has 1 saturated heterocycles. The predicted octanol–water partition coefficient (Wildman–Crippen LogP) is 3.77. The lowest BCUT2D eigenvalue weighted by atomic mass is 10.1. The number of nitrogens with zero attached hydrogens (tertiary/aromatic N) is 2. The predicted molar refractivity (Wildman–Crippen MR) is 116 cm³/mol. The van der Waals surface area contributed by atoms with E-state index in [0.29, 0.717) is 36.5 Å². The van der Waals surface area contributed by atoms with E-state index in [0.717, 1.165) is 18.4 Å². The fourth-order valence-electron chi connectivity index (χ4n) is 3.91. The van der Waals surface area contributed by atoms with Gasteiger partial charge in [-0.1, -0.05) is 6.07 Å². The van der Waals surface area contributed by atoms with Crippen LogP contribution in [0.1, 0.15) is 50.5 Å². The summed E-state index contributed by atoms with van der Waals surface area (Å²) in [5.74, 6) is 0.179. The van der Waals surface area contributed by atoms with Gasteiger partial charge >= 0.3 is 6.03 Å². The molecule has 162 valence electrons. The zero-order valence-electron chi connectivity index (χ0n) is 17.3. The van der Waals surface area contributed by atoms with Crippen molar-refractivity contribution in [3.8, 4) is 5.88 Å². The molecule has 1 aromatic heterocycles. The molecule has 0 radical (unpaired) electrons.